The van der Waals surface area contributed by atoms with E-state index in [2.05, 4.69) is 63.6 Å². The lowest BCUT2D eigenvalue weighted by atomic mass is 10.0. The summed E-state index contributed by atoms with van der Waals surface area (Å²) in [6.07, 6.45) is -2.35. The third-order valence-corrected chi connectivity index (χ3v) is 5.69. The van der Waals surface area contributed by atoms with Crippen molar-refractivity contribution in [3.8, 4) is 11.8 Å². The van der Waals surface area contributed by atoms with E-state index in [0.717, 1.165) is 38.1 Å². The smallest absolute Gasteiger partial charge is 0.354 e. The zero-order valence-corrected chi connectivity index (χ0v) is 18.4. The van der Waals surface area contributed by atoms with Crippen molar-refractivity contribution in [3.05, 3.63) is 71.3 Å². The molecule has 0 amide bonds. The normalized spacial score (nSPS) is 16.7. The van der Waals surface area contributed by atoms with Gasteiger partial charge in [0.1, 0.15) is 0 Å². The molecule has 1 unspecified atom stereocenters. The number of guanidine groups is 1. The average molecular weight is 443 g/mol. The maximum absolute atomic E-state index is 12.8. The summed E-state index contributed by atoms with van der Waals surface area (Å²) in [6, 6.07) is 16.3. The summed E-state index contributed by atoms with van der Waals surface area (Å²) in [5.74, 6) is 6.29. The lowest BCUT2D eigenvalue weighted by molar-refractivity contribution is -0.137. The summed E-state index contributed by atoms with van der Waals surface area (Å²) in [5, 5.41) is 6.55. The van der Waals surface area contributed by atoms with Crippen molar-refractivity contribution in [2.45, 2.75) is 38.0 Å². The van der Waals surface area contributed by atoms with Crippen LogP contribution in [-0.2, 0) is 6.18 Å². The molecule has 1 heterocycles. The summed E-state index contributed by atoms with van der Waals surface area (Å²) in [7, 11) is 1.70. The Morgan fingerprint density at radius 2 is 1.84 bits per heavy atom. The van der Waals surface area contributed by atoms with Crippen LogP contribution in [0, 0.1) is 11.8 Å². The van der Waals surface area contributed by atoms with Gasteiger partial charge in [-0.3, -0.25) is 9.89 Å². The van der Waals surface area contributed by atoms with Crippen LogP contribution >= 0.6 is 0 Å². The minimum absolute atomic E-state index is 0.291. The van der Waals surface area contributed by atoms with Crippen LogP contribution < -0.4 is 10.6 Å². The molecule has 0 saturated carbocycles. The molecule has 1 fully saturated rings. The van der Waals surface area contributed by atoms with Crippen molar-refractivity contribution in [1.29, 1.82) is 0 Å². The zero-order valence-electron chi connectivity index (χ0n) is 18.4. The summed E-state index contributed by atoms with van der Waals surface area (Å²) >= 11 is 0. The van der Waals surface area contributed by atoms with E-state index in [1.165, 1.54) is 11.6 Å². The third-order valence-electron chi connectivity index (χ3n) is 5.69. The van der Waals surface area contributed by atoms with Crippen LogP contribution in [0.2, 0.25) is 0 Å². The number of hydrogen-bond acceptors (Lipinski definition) is 2. The largest absolute Gasteiger partial charge is 0.416 e. The average Bonchev–Trinajstić information content (AvgIpc) is 2.81. The van der Waals surface area contributed by atoms with Gasteiger partial charge in [0.05, 0.1) is 12.1 Å². The van der Waals surface area contributed by atoms with Crippen LogP contribution in [0.15, 0.2) is 59.6 Å². The van der Waals surface area contributed by atoms with Gasteiger partial charge in [-0.2, -0.15) is 13.2 Å². The fourth-order valence-electron chi connectivity index (χ4n) is 3.81. The SMILES string of the molecule is CN=C(NCC#Cc1cccc(C(F)(F)F)c1)NC1CCN(C(C)c2ccccc2)CC1. The lowest BCUT2D eigenvalue weighted by Crippen LogP contribution is -2.49. The van der Waals surface area contributed by atoms with Crippen molar-refractivity contribution in [2.75, 3.05) is 26.7 Å². The van der Waals surface area contributed by atoms with Gasteiger partial charge < -0.3 is 10.6 Å². The Balaban J connectivity index is 1.45. The van der Waals surface area contributed by atoms with Gasteiger partial charge in [-0.15, -0.1) is 0 Å². The Kier molecular flexibility index (Phi) is 8.18. The maximum atomic E-state index is 12.8. The summed E-state index contributed by atoms with van der Waals surface area (Å²) in [4.78, 5) is 6.73. The highest BCUT2D eigenvalue weighted by Crippen LogP contribution is 2.29. The van der Waals surface area contributed by atoms with Crippen molar-refractivity contribution >= 4 is 5.96 Å². The number of nitrogens with zero attached hydrogens (tertiary/aromatic N) is 2. The molecule has 3 rings (SSSR count). The van der Waals surface area contributed by atoms with E-state index in [0.29, 0.717) is 30.2 Å². The monoisotopic (exact) mass is 442 g/mol. The zero-order chi connectivity index (χ0) is 23.0. The Hall–Kier alpha value is -2.98. The Morgan fingerprint density at radius 3 is 2.50 bits per heavy atom. The van der Waals surface area contributed by atoms with Gasteiger partial charge in [-0.05, 0) is 43.5 Å². The van der Waals surface area contributed by atoms with Crippen molar-refractivity contribution in [2.24, 2.45) is 4.99 Å². The predicted octanol–water partition coefficient (Wildman–Crippen LogP) is 4.45. The van der Waals surface area contributed by atoms with E-state index in [1.807, 2.05) is 6.07 Å². The fourth-order valence-corrected chi connectivity index (χ4v) is 3.81. The van der Waals surface area contributed by atoms with E-state index in [1.54, 1.807) is 13.1 Å². The first-order valence-electron chi connectivity index (χ1n) is 10.8. The predicted molar refractivity (Wildman–Crippen MR) is 122 cm³/mol. The van der Waals surface area contributed by atoms with Gasteiger partial charge in [-0.1, -0.05) is 48.2 Å². The summed E-state index contributed by atoms with van der Waals surface area (Å²) in [6.45, 7) is 4.53. The molecule has 0 spiro atoms. The number of halogens is 3. The molecule has 0 aliphatic carbocycles. The van der Waals surface area contributed by atoms with E-state index in [9.17, 15) is 13.2 Å². The first-order chi connectivity index (χ1) is 15.4. The van der Waals surface area contributed by atoms with E-state index in [4.69, 9.17) is 0 Å². The first kappa shape index (κ1) is 23.7. The number of piperidine rings is 1. The molecule has 170 valence electrons. The molecule has 4 nitrogen and oxygen atoms in total. The number of alkyl halides is 3. The van der Waals surface area contributed by atoms with E-state index < -0.39 is 11.7 Å². The van der Waals surface area contributed by atoms with Crippen molar-refractivity contribution < 1.29 is 13.2 Å². The van der Waals surface area contributed by atoms with E-state index in [-0.39, 0.29) is 0 Å². The molecule has 0 aromatic heterocycles. The van der Waals surface area contributed by atoms with Crippen LogP contribution in [0.25, 0.3) is 0 Å². The Bertz CT molecular complexity index is 952. The van der Waals surface area contributed by atoms with Gasteiger partial charge in [0.25, 0.3) is 0 Å². The number of benzene rings is 2. The number of aliphatic imine (C=N–C) groups is 1. The Morgan fingerprint density at radius 1 is 1.12 bits per heavy atom. The van der Waals surface area contributed by atoms with Gasteiger partial charge in [0.15, 0.2) is 5.96 Å². The molecule has 1 saturated heterocycles. The fraction of sp³-hybridized carbons (Fsp3) is 0.400. The maximum Gasteiger partial charge on any atom is 0.416 e. The molecular weight excluding hydrogens is 413 g/mol. The molecule has 2 aromatic rings. The highest BCUT2D eigenvalue weighted by molar-refractivity contribution is 5.80. The molecular formula is C25H29F3N4. The van der Waals surface area contributed by atoms with Gasteiger partial charge in [0.2, 0.25) is 0 Å². The molecule has 1 aliphatic heterocycles. The highest BCUT2D eigenvalue weighted by atomic mass is 19.4. The van der Waals surface area contributed by atoms with Crippen LogP contribution in [0.5, 0.6) is 0 Å². The minimum atomic E-state index is -4.36. The molecule has 1 atom stereocenters. The number of hydrogen-bond donors (Lipinski definition) is 2. The second kappa shape index (κ2) is 11.1. The molecule has 1 aliphatic rings. The standard InChI is InChI=1S/C25H29F3N4/c1-19(21-10-4-3-5-11-21)32-16-13-23(14-17-32)31-24(29-2)30-15-7-9-20-8-6-12-22(18-20)25(26,27)28/h3-6,8,10-12,18-19,23H,13-17H2,1-2H3,(H2,29,30,31). The number of rotatable bonds is 4. The van der Waals surface area contributed by atoms with Gasteiger partial charge >= 0.3 is 6.18 Å². The molecule has 7 heteroatoms. The van der Waals surface area contributed by atoms with E-state index >= 15 is 0 Å². The van der Waals surface area contributed by atoms with Crippen molar-refractivity contribution in [3.63, 3.8) is 0 Å². The third kappa shape index (κ3) is 6.76. The molecule has 0 bridgehead atoms. The number of nitrogens with one attached hydrogen (secondary N) is 2. The van der Waals surface area contributed by atoms with Crippen LogP contribution in [-0.4, -0.2) is 43.6 Å². The van der Waals surface area contributed by atoms with Crippen LogP contribution in [0.4, 0.5) is 13.2 Å². The first-order valence-corrected chi connectivity index (χ1v) is 10.8. The molecule has 2 aromatic carbocycles. The second-order valence-corrected chi connectivity index (χ2v) is 7.85. The lowest BCUT2D eigenvalue weighted by Gasteiger charge is -2.36. The summed E-state index contributed by atoms with van der Waals surface area (Å²) < 4.78 is 38.4. The minimum Gasteiger partial charge on any atom is -0.354 e. The second-order valence-electron chi connectivity index (χ2n) is 7.85. The summed E-state index contributed by atoms with van der Waals surface area (Å²) in [5.41, 5.74) is 0.975. The molecule has 2 N–H and O–H groups in total. The highest BCUT2D eigenvalue weighted by Gasteiger charge is 2.30. The molecule has 0 radical (unpaired) electrons. The van der Waals surface area contributed by atoms with Crippen LogP contribution in [0.1, 0.15) is 42.5 Å². The quantitative estimate of drug-likeness (QED) is 0.418. The van der Waals surface area contributed by atoms with Gasteiger partial charge in [-0.25, -0.2) is 0 Å². The molecule has 32 heavy (non-hydrogen) atoms. The topological polar surface area (TPSA) is 39.7 Å². The Labute approximate surface area is 187 Å². The van der Waals surface area contributed by atoms with Crippen LogP contribution in [0.3, 0.4) is 0 Å². The van der Waals surface area contributed by atoms with Crippen molar-refractivity contribution in [1.82, 2.24) is 15.5 Å². The number of likely N-dealkylation sites (tertiary alicyclic amines) is 1. The van der Waals surface area contributed by atoms with Gasteiger partial charge in [0, 0.05) is 37.8 Å².